The zero-order valence-electron chi connectivity index (χ0n) is 14.3. The largest absolute Gasteiger partial charge is 0.423 e. The lowest BCUT2D eigenvalue weighted by molar-refractivity contribution is -0.120. The quantitative estimate of drug-likeness (QED) is 0.792. The fourth-order valence-corrected chi connectivity index (χ4v) is 3.10. The van der Waals surface area contributed by atoms with Crippen molar-refractivity contribution in [2.75, 3.05) is 19.6 Å². The molecule has 0 saturated heterocycles. The van der Waals surface area contributed by atoms with E-state index in [1.807, 2.05) is 25.1 Å². The van der Waals surface area contributed by atoms with E-state index in [9.17, 15) is 9.59 Å². The van der Waals surface area contributed by atoms with Crippen LogP contribution in [0.3, 0.4) is 0 Å². The Kier molecular flexibility index (Phi) is 5.00. The van der Waals surface area contributed by atoms with Crippen LogP contribution in [0.4, 0.5) is 0 Å². The first-order chi connectivity index (χ1) is 11.6. The van der Waals surface area contributed by atoms with Gasteiger partial charge in [0.15, 0.2) is 0 Å². The van der Waals surface area contributed by atoms with Crippen molar-refractivity contribution in [2.24, 2.45) is 0 Å². The number of amides is 1. The summed E-state index contributed by atoms with van der Waals surface area (Å²) in [5, 5.41) is 3.78. The summed E-state index contributed by atoms with van der Waals surface area (Å²) >= 11 is 0. The highest BCUT2D eigenvalue weighted by molar-refractivity contribution is 5.87. The standard InChI is InChI=1S/C19H24N2O3/c1-3-21(15-5-6-15)9-8-20-18(22)11-14-12-19(23)24-17-10-13(2)4-7-16(14)17/h4,7,10,12,15H,3,5-6,8-9,11H2,1-2H3,(H,20,22). The molecule has 1 aliphatic carbocycles. The molecule has 1 aromatic heterocycles. The first-order valence-corrected chi connectivity index (χ1v) is 8.61. The van der Waals surface area contributed by atoms with Crippen LogP contribution in [0.1, 0.15) is 30.9 Å². The Morgan fingerprint density at radius 3 is 2.83 bits per heavy atom. The van der Waals surface area contributed by atoms with Crippen molar-refractivity contribution < 1.29 is 9.21 Å². The lowest BCUT2D eigenvalue weighted by Gasteiger charge is -2.19. The van der Waals surface area contributed by atoms with Gasteiger partial charge in [-0.15, -0.1) is 0 Å². The summed E-state index contributed by atoms with van der Waals surface area (Å²) in [7, 11) is 0. The molecule has 0 radical (unpaired) electrons. The van der Waals surface area contributed by atoms with Crippen molar-refractivity contribution in [3.63, 3.8) is 0 Å². The molecule has 1 N–H and O–H groups in total. The van der Waals surface area contributed by atoms with E-state index in [2.05, 4.69) is 17.1 Å². The summed E-state index contributed by atoms with van der Waals surface area (Å²) in [6, 6.07) is 7.81. The van der Waals surface area contributed by atoms with Gasteiger partial charge in [-0.1, -0.05) is 19.1 Å². The number of nitrogens with one attached hydrogen (secondary N) is 1. The third-order valence-corrected chi connectivity index (χ3v) is 4.53. The number of fused-ring (bicyclic) bond motifs is 1. The topological polar surface area (TPSA) is 62.6 Å². The summed E-state index contributed by atoms with van der Waals surface area (Å²) in [5.74, 6) is -0.0608. The Morgan fingerprint density at radius 1 is 1.33 bits per heavy atom. The molecule has 0 unspecified atom stereocenters. The molecule has 1 saturated carbocycles. The molecule has 1 aromatic carbocycles. The smallest absolute Gasteiger partial charge is 0.336 e. The molecular weight excluding hydrogens is 304 g/mol. The maximum absolute atomic E-state index is 12.2. The monoisotopic (exact) mass is 328 g/mol. The summed E-state index contributed by atoms with van der Waals surface area (Å²) in [6.07, 6.45) is 2.74. The third kappa shape index (κ3) is 4.03. The Balaban J connectivity index is 1.63. The molecule has 0 spiro atoms. The van der Waals surface area contributed by atoms with Gasteiger partial charge in [-0.2, -0.15) is 0 Å². The van der Waals surface area contributed by atoms with Crippen LogP contribution in [-0.4, -0.2) is 36.5 Å². The molecule has 128 valence electrons. The van der Waals surface area contributed by atoms with Gasteiger partial charge >= 0.3 is 5.63 Å². The van der Waals surface area contributed by atoms with E-state index in [0.29, 0.717) is 23.7 Å². The van der Waals surface area contributed by atoms with Gasteiger partial charge in [0.2, 0.25) is 5.91 Å². The Bertz CT molecular complexity index is 793. The highest BCUT2D eigenvalue weighted by Crippen LogP contribution is 2.25. The van der Waals surface area contributed by atoms with E-state index < -0.39 is 5.63 Å². The minimum atomic E-state index is -0.415. The van der Waals surface area contributed by atoms with Gasteiger partial charge in [0.25, 0.3) is 0 Å². The number of rotatable bonds is 7. The van der Waals surface area contributed by atoms with Gasteiger partial charge in [-0.05, 0) is 43.5 Å². The predicted octanol–water partition coefficient (Wildman–Crippen LogP) is 2.24. The molecule has 0 atom stereocenters. The van der Waals surface area contributed by atoms with Gasteiger partial charge in [-0.3, -0.25) is 9.69 Å². The number of benzene rings is 1. The number of nitrogens with zero attached hydrogens (tertiary/aromatic N) is 1. The number of likely N-dealkylation sites (N-methyl/N-ethyl adjacent to an activating group) is 1. The summed E-state index contributed by atoms with van der Waals surface area (Å²) < 4.78 is 5.23. The van der Waals surface area contributed by atoms with E-state index in [0.717, 1.165) is 24.0 Å². The van der Waals surface area contributed by atoms with E-state index in [1.54, 1.807) is 0 Å². The molecule has 1 heterocycles. The maximum Gasteiger partial charge on any atom is 0.336 e. The summed E-state index contributed by atoms with van der Waals surface area (Å²) in [4.78, 5) is 26.3. The van der Waals surface area contributed by atoms with Crippen LogP contribution in [0, 0.1) is 6.92 Å². The molecule has 1 aliphatic rings. The minimum Gasteiger partial charge on any atom is -0.423 e. The molecule has 1 fully saturated rings. The van der Waals surface area contributed by atoms with Crippen LogP contribution < -0.4 is 10.9 Å². The fraction of sp³-hybridized carbons (Fsp3) is 0.474. The second kappa shape index (κ2) is 7.18. The molecule has 3 rings (SSSR count). The van der Waals surface area contributed by atoms with Gasteiger partial charge in [0.1, 0.15) is 5.58 Å². The zero-order chi connectivity index (χ0) is 17.1. The summed E-state index contributed by atoms with van der Waals surface area (Å²) in [5.41, 5.74) is 1.86. The van der Waals surface area contributed by atoms with Crippen LogP contribution in [-0.2, 0) is 11.2 Å². The molecule has 0 aliphatic heterocycles. The van der Waals surface area contributed by atoms with Gasteiger partial charge in [0, 0.05) is 30.6 Å². The van der Waals surface area contributed by atoms with Crippen molar-refractivity contribution in [1.82, 2.24) is 10.2 Å². The zero-order valence-corrected chi connectivity index (χ0v) is 14.3. The SMILES string of the molecule is CCN(CCNC(=O)Cc1cc(=O)oc2cc(C)ccc12)C1CC1. The Morgan fingerprint density at radius 2 is 2.12 bits per heavy atom. The van der Waals surface area contributed by atoms with E-state index in [4.69, 9.17) is 4.42 Å². The lowest BCUT2D eigenvalue weighted by Crippen LogP contribution is -2.36. The van der Waals surface area contributed by atoms with Crippen molar-refractivity contribution >= 4 is 16.9 Å². The molecule has 5 nitrogen and oxygen atoms in total. The second-order valence-corrected chi connectivity index (χ2v) is 6.48. The van der Waals surface area contributed by atoms with Gasteiger partial charge < -0.3 is 9.73 Å². The van der Waals surface area contributed by atoms with Gasteiger partial charge in [0.05, 0.1) is 6.42 Å². The first kappa shape index (κ1) is 16.7. The van der Waals surface area contributed by atoms with Crippen molar-refractivity contribution in [3.05, 3.63) is 45.8 Å². The van der Waals surface area contributed by atoms with Crippen LogP contribution in [0.2, 0.25) is 0 Å². The molecule has 24 heavy (non-hydrogen) atoms. The molecule has 2 aromatic rings. The molecular formula is C19H24N2O3. The van der Waals surface area contributed by atoms with Crippen LogP contribution in [0.15, 0.2) is 33.5 Å². The average molecular weight is 328 g/mol. The number of hydrogen-bond acceptors (Lipinski definition) is 4. The van der Waals surface area contributed by atoms with E-state index >= 15 is 0 Å². The lowest BCUT2D eigenvalue weighted by atomic mass is 10.1. The minimum absolute atomic E-state index is 0.0608. The highest BCUT2D eigenvalue weighted by atomic mass is 16.4. The number of aryl methyl sites for hydroxylation is 1. The van der Waals surface area contributed by atoms with E-state index in [-0.39, 0.29) is 12.3 Å². The maximum atomic E-state index is 12.2. The van der Waals surface area contributed by atoms with Crippen molar-refractivity contribution in [1.29, 1.82) is 0 Å². The number of carbonyl (C=O) groups excluding carboxylic acids is 1. The number of hydrogen-bond donors (Lipinski definition) is 1. The average Bonchev–Trinajstić information content (AvgIpc) is 3.35. The van der Waals surface area contributed by atoms with E-state index in [1.165, 1.54) is 18.9 Å². The number of carbonyl (C=O) groups is 1. The van der Waals surface area contributed by atoms with Crippen molar-refractivity contribution in [2.45, 2.75) is 39.2 Å². The molecule has 1 amide bonds. The Hall–Kier alpha value is -2.14. The molecule has 0 bridgehead atoms. The van der Waals surface area contributed by atoms with Gasteiger partial charge in [-0.25, -0.2) is 4.79 Å². The highest BCUT2D eigenvalue weighted by Gasteiger charge is 2.27. The first-order valence-electron chi connectivity index (χ1n) is 8.61. The molecule has 5 heteroatoms. The van der Waals surface area contributed by atoms with Crippen LogP contribution in [0.25, 0.3) is 11.0 Å². The predicted molar refractivity (Wildman–Crippen MR) is 94.2 cm³/mol. The van der Waals surface area contributed by atoms with Crippen LogP contribution in [0.5, 0.6) is 0 Å². The van der Waals surface area contributed by atoms with Crippen molar-refractivity contribution in [3.8, 4) is 0 Å². The second-order valence-electron chi connectivity index (χ2n) is 6.48. The Labute approximate surface area is 141 Å². The summed E-state index contributed by atoms with van der Waals surface area (Å²) in [6.45, 7) is 6.63. The fourth-order valence-electron chi connectivity index (χ4n) is 3.10. The van der Waals surface area contributed by atoms with Crippen LogP contribution >= 0.6 is 0 Å². The normalized spacial score (nSPS) is 14.3. The third-order valence-electron chi connectivity index (χ3n) is 4.53.